The lowest BCUT2D eigenvalue weighted by Gasteiger charge is -1.89. The molecule has 0 bridgehead atoms. The van der Waals surface area contributed by atoms with Gasteiger partial charge in [0, 0.05) is 0 Å². The predicted molar refractivity (Wildman–Crippen MR) is 30.3 cm³/mol. The van der Waals surface area contributed by atoms with Gasteiger partial charge < -0.3 is 15.3 Å². The van der Waals surface area contributed by atoms with E-state index in [4.69, 9.17) is 15.3 Å². The molecule has 3 N–H and O–H groups in total. The van der Waals surface area contributed by atoms with Gasteiger partial charge in [-0.1, -0.05) is 0 Å². The Hall–Kier alpha value is -0.870. The highest BCUT2D eigenvalue weighted by Gasteiger charge is 2.02. The number of hydrogen-bond donors (Lipinski definition) is 2. The van der Waals surface area contributed by atoms with Crippen LogP contribution in [-0.4, -0.2) is 10.1 Å². The van der Waals surface area contributed by atoms with E-state index < -0.39 is 0 Å². The van der Waals surface area contributed by atoms with Gasteiger partial charge in [-0.3, -0.25) is 0 Å². The summed E-state index contributed by atoms with van der Waals surface area (Å²) in [7, 11) is 0. The largest absolute Gasteiger partial charge is 0.447 e. The number of nitrogens with zero attached hydrogens (tertiary/aromatic N) is 1. The summed E-state index contributed by atoms with van der Waals surface area (Å²) in [5.74, 6) is 0.553. The third-order valence-corrected chi connectivity index (χ3v) is 1.06. The monoisotopic (exact) mass is 128 g/mol. The molecule has 0 aliphatic carbocycles. The molecule has 1 aromatic heterocycles. The molecule has 0 aromatic carbocycles. The maximum atomic E-state index is 8.56. The van der Waals surface area contributed by atoms with Crippen molar-refractivity contribution in [1.82, 2.24) is 4.98 Å². The molecule has 0 amide bonds. The lowest BCUT2D eigenvalue weighted by molar-refractivity contribution is 0.274. The van der Waals surface area contributed by atoms with Gasteiger partial charge in [0.1, 0.15) is 11.5 Å². The molecule has 0 aliphatic heterocycles. The minimum absolute atomic E-state index is 0.108. The lowest BCUT2D eigenvalue weighted by Crippen LogP contribution is -1.98. The SMILES string of the molecule is NCc1ocnc1CO. The Kier molecular flexibility index (Phi) is 1.81. The lowest BCUT2D eigenvalue weighted by atomic mass is 10.3. The van der Waals surface area contributed by atoms with Crippen molar-refractivity contribution in [2.24, 2.45) is 5.73 Å². The van der Waals surface area contributed by atoms with Crippen molar-refractivity contribution in [2.75, 3.05) is 0 Å². The number of hydrogen-bond acceptors (Lipinski definition) is 4. The zero-order valence-electron chi connectivity index (χ0n) is 4.87. The first-order valence-corrected chi connectivity index (χ1v) is 2.60. The number of aliphatic hydroxyl groups excluding tert-OH is 1. The van der Waals surface area contributed by atoms with Crippen LogP contribution in [0, 0.1) is 0 Å². The second kappa shape index (κ2) is 2.61. The highest BCUT2D eigenvalue weighted by Crippen LogP contribution is 2.03. The van der Waals surface area contributed by atoms with Crippen molar-refractivity contribution < 1.29 is 9.52 Å². The standard InChI is InChI=1S/C5H8N2O2/c6-1-5-4(2-8)7-3-9-5/h3,8H,1-2,6H2. The summed E-state index contributed by atoms with van der Waals surface area (Å²) in [5.41, 5.74) is 5.75. The Morgan fingerprint density at radius 1 is 1.78 bits per heavy atom. The topological polar surface area (TPSA) is 72.3 Å². The number of aliphatic hydroxyl groups is 1. The minimum Gasteiger partial charge on any atom is -0.447 e. The zero-order valence-corrected chi connectivity index (χ0v) is 4.87. The van der Waals surface area contributed by atoms with Crippen LogP contribution in [0.25, 0.3) is 0 Å². The second-order valence-corrected chi connectivity index (χ2v) is 1.58. The minimum atomic E-state index is -0.108. The summed E-state index contributed by atoms with van der Waals surface area (Å²) in [6.07, 6.45) is 1.27. The fourth-order valence-corrected chi connectivity index (χ4v) is 0.589. The van der Waals surface area contributed by atoms with Crippen LogP contribution in [0.4, 0.5) is 0 Å². The van der Waals surface area contributed by atoms with E-state index in [0.29, 0.717) is 11.5 Å². The van der Waals surface area contributed by atoms with Gasteiger partial charge in [0.15, 0.2) is 6.39 Å². The fraction of sp³-hybridized carbons (Fsp3) is 0.400. The molecule has 1 heterocycles. The molecule has 4 heteroatoms. The normalized spacial score (nSPS) is 10.0. The van der Waals surface area contributed by atoms with Crippen molar-refractivity contribution >= 4 is 0 Å². The number of aromatic nitrogens is 1. The van der Waals surface area contributed by atoms with Crippen LogP contribution in [-0.2, 0) is 13.2 Å². The van der Waals surface area contributed by atoms with Crippen LogP contribution < -0.4 is 5.73 Å². The Morgan fingerprint density at radius 2 is 2.56 bits per heavy atom. The molecule has 50 valence electrons. The molecule has 4 nitrogen and oxygen atoms in total. The summed E-state index contributed by atoms with van der Waals surface area (Å²) in [6, 6.07) is 0. The van der Waals surface area contributed by atoms with Gasteiger partial charge in [-0.05, 0) is 0 Å². The van der Waals surface area contributed by atoms with E-state index in [1.807, 2.05) is 0 Å². The van der Waals surface area contributed by atoms with E-state index in [2.05, 4.69) is 4.98 Å². The van der Waals surface area contributed by atoms with Crippen molar-refractivity contribution in [3.63, 3.8) is 0 Å². The molecule has 0 spiro atoms. The molecule has 0 fully saturated rings. The maximum Gasteiger partial charge on any atom is 0.181 e. The Bertz CT molecular complexity index is 166. The van der Waals surface area contributed by atoms with Crippen molar-refractivity contribution in [2.45, 2.75) is 13.2 Å². The summed E-state index contributed by atoms with van der Waals surface area (Å²) >= 11 is 0. The zero-order chi connectivity index (χ0) is 6.69. The van der Waals surface area contributed by atoms with Crippen LogP contribution in [0.1, 0.15) is 11.5 Å². The van der Waals surface area contributed by atoms with Gasteiger partial charge in [0.05, 0.1) is 13.2 Å². The Morgan fingerprint density at radius 3 is 3.00 bits per heavy atom. The quantitative estimate of drug-likeness (QED) is 0.569. The molecule has 0 atom stereocenters. The molecular formula is C5H8N2O2. The molecule has 0 saturated carbocycles. The third kappa shape index (κ3) is 1.09. The molecule has 9 heavy (non-hydrogen) atoms. The van der Waals surface area contributed by atoms with Crippen LogP contribution in [0.15, 0.2) is 10.8 Å². The van der Waals surface area contributed by atoms with E-state index in [-0.39, 0.29) is 13.2 Å². The van der Waals surface area contributed by atoms with Crippen molar-refractivity contribution in [3.8, 4) is 0 Å². The van der Waals surface area contributed by atoms with E-state index in [1.165, 1.54) is 6.39 Å². The van der Waals surface area contributed by atoms with Gasteiger partial charge >= 0.3 is 0 Å². The first kappa shape index (κ1) is 6.25. The van der Waals surface area contributed by atoms with E-state index in [1.54, 1.807) is 0 Å². The maximum absolute atomic E-state index is 8.56. The molecule has 1 aromatic rings. The summed E-state index contributed by atoms with van der Waals surface area (Å²) < 4.78 is 4.81. The van der Waals surface area contributed by atoms with Gasteiger partial charge in [0.2, 0.25) is 0 Å². The van der Waals surface area contributed by atoms with Gasteiger partial charge in [-0.2, -0.15) is 0 Å². The average molecular weight is 128 g/mol. The number of rotatable bonds is 2. The average Bonchev–Trinajstić information content (AvgIpc) is 2.33. The summed E-state index contributed by atoms with van der Waals surface area (Å²) in [4.78, 5) is 3.71. The van der Waals surface area contributed by atoms with Gasteiger partial charge in [-0.25, -0.2) is 4.98 Å². The summed E-state index contributed by atoms with van der Waals surface area (Å²) in [5, 5.41) is 8.56. The molecule has 0 aliphatic rings. The Balaban J connectivity index is 2.85. The highest BCUT2D eigenvalue weighted by molar-refractivity contribution is 5.04. The highest BCUT2D eigenvalue weighted by atomic mass is 16.3. The van der Waals surface area contributed by atoms with E-state index in [0.717, 1.165) is 0 Å². The first-order valence-electron chi connectivity index (χ1n) is 2.60. The molecule has 0 unspecified atom stereocenters. The predicted octanol–water partition coefficient (Wildman–Crippen LogP) is -0.374. The fourth-order valence-electron chi connectivity index (χ4n) is 0.589. The smallest absolute Gasteiger partial charge is 0.181 e. The summed E-state index contributed by atoms with van der Waals surface area (Å²) in [6.45, 7) is 0.179. The van der Waals surface area contributed by atoms with Crippen LogP contribution >= 0.6 is 0 Å². The number of nitrogens with two attached hydrogens (primary N) is 1. The molecule has 0 saturated heterocycles. The van der Waals surface area contributed by atoms with Crippen LogP contribution in [0.2, 0.25) is 0 Å². The second-order valence-electron chi connectivity index (χ2n) is 1.58. The van der Waals surface area contributed by atoms with Crippen LogP contribution in [0.3, 0.4) is 0 Å². The molecular weight excluding hydrogens is 120 g/mol. The third-order valence-electron chi connectivity index (χ3n) is 1.06. The van der Waals surface area contributed by atoms with Crippen LogP contribution in [0.5, 0.6) is 0 Å². The van der Waals surface area contributed by atoms with Gasteiger partial charge in [0.25, 0.3) is 0 Å². The molecule has 0 radical (unpaired) electrons. The van der Waals surface area contributed by atoms with Crippen molar-refractivity contribution in [1.29, 1.82) is 0 Å². The Labute approximate surface area is 52.3 Å². The molecule has 1 rings (SSSR count). The van der Waals surface area contributed by atoms with Crippen molar-refractivity contribution in [3.05, 3.63) is 17.8 Å². The first-order chi connectivity index (χ1) is 4.38. The number of oxazole rings is 1. The van der Waals surface area contributed by atoms with Gasteiger partial charge in [-0.15, -0.1) is 0 Å². The van der Waals surface area contributed by atoms with E-state index in [9.17, 15) is 0 Å². The van der Waals surface area contributed by atoms with E-state index >= 15 is 0 Å².